The van der Waals surface area contributed by atoms with Crippen LogP contribution in [0.3, 0.4) is 0 Å². The summed E-state index contributed by atoms with van der Waals surface area (Å²) in [5.41, 5.74) is 1.09. The van der Waals surface area contributed by atoms with Gasteiger partial charge in [0.15, 0.2) is 0 Å². The molecule has 1 saturated carbocycles. The number of alkyl halides is 1. The first kappa shape index (κ1) is 9.99. The minimum Gasteiger partial charge on any atom is -0.307 e. The quantitative estimate of drug-likeness (QED) is 0.775. The fourth-order valence-corrected chi connectivity index (χ4v) is 2.31. The molecule has 0 saturated heterocycles. The molecule has 2 unspecified atom stereocenters. The molecule has 0 amide bonds. The van der Waals surface area contributed by atoms with E-state index in [1.807, 2.05) is 24.0 Å². The van der Waals surface area contributed by atoms with Crippen molar-refractivity contribution in [2.24, 2.45) is 7.05 Å². The number of nitrogens with one attached hydrogen (secondary N) is 1. The summed E-state index contributed by atoms with van der Waals surface area (Å²) in [6.07, 6.45) is 5.54. The Balaban J connectivity index is 1.82. The fourth-order valence-electron chi connectivity index (χ4n) is 1.94. The second-order valence-electron chi connectivity index (χ2n) is 3.92. The maximum absolute atomic E-state index is 6.16. The van der Waals surface area contributed by atoms with Crippen molar-refractivity contribution in [2.75, 3.05) is 0 Å². The molecule has 1 fully saturated rings. The first-order valence-corrected chi connectivity index (χ1v) is 5.55. The lowest BCUT2D eigenvalue weighted by Gasteiger charge is -2.14. The topological polar surface area (TPSA) is 29.9 Å². The molecule has 2 atom stereocenters. The van der Waals surface area contributed by atoms with Crippen LogP contribution in [0.25, 0.3) is 0 Å². The molecule has 4 heteroatoms. The molecule has 0 bridgehead atoms. The van der Waals surface area contributed by atoms with Crippen molar-refractivity contribution < 1.29 is 0 Å². The van der Waals surface area contributed by atoms with E-state index in [0.29, 0.717) is 11.4 Å². The van der Waals surface area contributed by atoms with Crippen molar-refractivity contribution in [3.63, 3.8) is 0 Å². The minimum absolute atomic E-state index is 0.304. The largest absolute Gasteiger partial charge is 0.307 e. The van der Waals surface area contributed by atoms with Gasteiger partial charge in [-0.3, -0.25) is 4.68 Å². The van der Waals surface area contributed by atoms with E-state index in [2.05, 4.69) is 10.4 Å². The van der Waals surface area contributed by atoms with Crippen molar-refractivity contribution in [1.29, 1.82) is 0 Å². The summed E-state index contributed by atoms with van der Waals surface area (Å²) in [6.45, 7) is 0.828. The molecule has 0 spiro atoms. The summed E-state index contributed by atoms with van der Waals surface area (Å²) in [6, 6.07) is 2.50. The SMILES string of the molecule is Cn1ccc(CNC2CCCC2Cl)n1. The van der Waals surface area contributed by atoms with Gasteiger partial charge in [-0.05, 0) is 18.9 Å². The summed E-state index contributed by atoms with van der Waals surface area (Å²) >= 11 is 6.16. The average molecular weight is 214 g/mol. The third kappa shape index (κ3) is 2.28. The van der Waals surface area contributed by atoms with Gasteiger partial charge in [0.25, 0.3) is 0 Å². The predicted octanol–water partition coefficient (Wildman–Crippen LogP) is 1.67. The molecule has 1 heterocycles. The lowest BCUT2D eigenvalue weighted by Crippen LogP contribution is -2.32. The molecule has 0 radical (unpaired) electrons. The first-order valence-electron chi connectivity index (χ1n) is 5.11. The minimum atomic E-state index is 0.304. The highest BCUT2D eigenvalue weighted by Gasteiger charge is 2.24. The molecule has 1 aromatic rings. The Kier molecular flexibility index (Phi) is 3.08. The first-order chi connectivity index (χ1) is 6.75. The molecule has 0 aromatic carbocycles. The maximum atomic E-state index is 6.16. The summed E-state index contributed by atoms with van der Waals surface area (Å²) in [7, 11) is 1.93. The molecule has 3 nitrogen and oxygen atoms in total. The highest BCUT2D eigenvalue weighted by Crippen LogP contribution is 2.24. The molecule has 78 valence electrons. The van der Waals surface area contributed by atoms with Crippen LogP contribution in [-0.4, -0.2) is 21.2 Å². The highest BCUT2D eigenvalue weighted by atomic mass is 35.5. The summed E-state index contributed by atoms with van der Waals surface area (Å²) in [5.74, 6) is 0. The van der Waals surface area contributed by atoms with E-state index in [1.54, 1.807) is 0 Å². The van der Waals surface area contributed by atoms with Crippen molar-refractivity contribution >= 4 is 11.6 Å². The number of aryl methyl sites for hydroxylation is 1. The lowest BCUT2D eigenvalue weighted by molar-refractivity contribution is 0.520. The number of aromatic nitrogens is 2. The Morgan fingerprint density at radius 3 is 3.07 bits per heavy atom. The monoisotopic (exact) mass is 213 g/mol. The van der Waals surface area contributed by atoms with E-state index >= 15 is 0 Å². The molecular formula is C10H16ClN3. The molecule has 0 aliphatic heterocycles. The van der Waals surface area contributed by atoms with Gasteiger partial charge in [-0.1, -0.05) is 6.42 Å². The van der Waals surface area contributed by atoms with Gasteiger partial charge in [0.1, 0.15) is 0 Å². The smallest absolute Gasteiger partial charge is 0.0762 e. The zero-order valence-corrected chi connectivity index (χ0v) is 9.17. The average Bonchev–Trinajstić information content (AvgIpc) is 2.72. The Hall–Kier alpha value is -0.540. The zero-order valence-electron chi connectivity index (χ0n) is 8.41. The van der Waals surface area contributed by atoms with Crippen LogP contribution in [-0.2, 0) is 13.6 Å². The predicted molar refractivity (Wildman–Crippen MR) is 57.3 cm³/mol. The summed E-state index contributed by atoms with van der Waals surface area (Å²) in [4.78, 5) is 0. The third-order valence-electron chi connectivity index (χ3n) is 2.75. The zero-order chi connectivity index (χ0) is 9.97. The van der Waals surface area contributed by atoms with Crippen LogP contribution in [0.2, 0.25) is 0 Å². The van der Waals surface area contributed by atoms with Gasteiger partial charge < -0.3 is 5.32 Å². The van der Waals surface area contributed by atoms with Crippen molar-refractivity contribution in [2.45, 2.75) is 37.2 Å². The standard InChI is InChI=1S/C10H16ClN3/c1-14-6-5-8(13-14)7-12-10-4-2-3-9(10)11/h5-6,9-10,12H,2-4,7H2,1H3. The van der Waals surface area contributed by atoms with Crippen molar-refractivity contribution in [3.8, 4) is 0 Å². The number of rotatable bonds is 3. The van der Waals surface area contributed by atoms with Gasteiger partial charge >= 0.3 is 0 Å². The highest BCUT2D eigenvalue weighted by molar-refractivity contribution is 6.21. The second-order valence-corrected chi connectivity index (χ2v) is 4.48. The van der Waals surface area contributed by atoms with Crippen molar-refractivity contribution in [1.82, 2.24) is 15.1 Å². The van der Waals surface area contributed by atoms with E-state index in [4.69, 9.17) is 11.6 Å². The summed E-state index contributed by atoms with van der Waals surface area (Å²) < 4.78 is 1.82. The Morgan fingerprint density at radius 1 is 1.64 bits per heavy atom. The van der Waals surface area contributed by atoms with Crippen LogP contribution >= 0.6 is 11.6 Å². The Bertz CT molecular complexity index is 297. The number of hydrogen-bond donors (Lipinski definition) is 1. The van der Waals surface area contributed by atoms with Crippen LogP contribution in [0.4, 0.5) is 0 Å². The second kappa shape index (κ2) is 4.32. The maximum Gasteiger partial charge on any atom is 0.0762 e. The van der Waals surface area contributed by atoms with Gasteiger partial charge in [0.2, 0.25) is 0 Å². The van der Waals surface area contributed by atoms with E-state index in [0.717, 1.165) is 18.7 Å². The van der Waals surface area contributed by atoms with Gasteiger partial charge in [-0.25, -0.2) is 0 Å². The molecular weight excluding hydrogens is 198 g/mol. The van der Waals surface area contributed by atoms with Gasteiger partial charge in [-0.2, -0.15) is 5.10 Å². The van der Waals surface area contributed by atoms with Crippen LogP contribution in [0.5, 0.6) is 0 Å². The van der Waals surface area contributed by atoms with E-state index < -0.39 is 0 Å². The van der Waals surface area contributed by atoms with E-state index in [1.165, 1.54) is 12.8 Å². The molecule has 1 aliphatic rings. The molecule has 1 aliphatic carbocycles. The number of halogens is 1. The Labute approximate surface area is 89.4 Å². The van der Waals surface area contributed by atoms with Crippen LogP contribution < -0.4 is 5.32 Å². The summed E-state index contributed by atoms with van der Waals surface area (Å²) in [5, 5.41) is 8.07. The van der Waals surface area contributed by atoms with Crippen LogP contribution in [0, 0.1) is 0 Å². The fraction of sp³-hybridized carbons (Fsp3) is 0.700. The van der Waals surface area contributed by atoms with E-state index in [-0.39, 0.29) is 0 Å². The Morgan fingerprint density at radius 2 is 2.50 bits per heavy atom. The number of hydrogen-bond acceptors (Lipinski definition) is 2. The molecule has 14 heavy (non-hydrogen) atoms. The van der Waals surface area contributed by atoms with Crippen LogP contribution in [0.15, 0.2) is 12.3 Å². The van der Waals surface area contributed by atoms with Crippen molar-refractivity contribution in [3.05, 3.63) is 18.0 Å². The molecule has 1 aromatic heterocycles. The number of nitrogens with zero attached hydrogens (tertiary/aromatic N) is 2. The van der Waals surface area contributed by atoms with Gasteiger partial charge in [-0.15, -0.1) is 11.6 Å². The molecule has 1 N–H and O–H groups in total. The van der Waals surface area contributed by atoms with Gasteiger partial charge in [0.05, 0.1) is 5.69 Å². The third-order valence-corrected chi connectivity index (χ3v) is 3.27. The normalized spacial score (nSPS) is 27.0. The lowest BCUT2D eigenvalue weighted by atomic mass is 10.2. The van der Waals surface area contributed by atoms with Gasteiger partial charge in [0, 0.05) is 31.2 Å². The molecule has 2 rings (SSSR count). The van der Waals surface area contributed by atoms with E-state index in [9.17, 15) is 0 Å². The van der Waals surface area contributed by atoms with Crippen LogP contribution in [0.1, 0.15) is 25.0 Å².